The van der Waals surface area contributed by atoms with E-state index in [4.69, 9.17) is 9.47 Å². The first kappa shape index (κ1) is 18.7. The summed E-state index contributed by atoms with van der Waals surface area (Å²) in [4.78, 5) is 27.2. The molecule has 2 aromatic rings. The second kappa shape index (κ2) is 7.86. The van der Waals surface area contributed by atoms with Gasteiger partial charge in [-0.3, -0.25) is 9.59 Å². The third kappa shape index (κ3) is 3.65. The van der Waals surface area contributed by atoms with E-state index in [1.807, 2.05) is 41.3 Å². The van der Waals surface area contributed by atoms with Gasteiger partial charge < -0.3 is 19.7 Å². The van der Waals surface area contributed by atoms with Crippen LogP contribution in [0.25, 0.3) is 6.08 Å². The lowest BCUT2D eigenvalue weighted by Gasteiger charge is -2.21. The predicted octanol–water partition coefficient (Wildman–Crippen LogP) is 4.15. The molecule has 30 heavy (non-hydrogen) atoms. The molecule has 0 radical (unpaired) electrons. The van der Waals surface area contributed by atoms with Gasteiger partial charge in [-0.05, 0) is 60.7 Å². The van der Waals surface area contributed by atoms with Gasteiger partial charge in [-0.25, -0.2) is 0 Å². The molecule has 6 nitrogen and oxygen atoms in total. The molecule has 154 valence electrons. The molecule has 2 heterocycles. The number of nitrogens with one attached hydrogen (secondary N) is 1. The summed E-state index contributed by atoms with van der Waals surface area (Å²) in [5, 5.41) is 2.90. The van der Waals surface area contributed by atoms with E-state index in [-0.39, 0.29) is 24.5 Å². The van der Waals surface area contributed by atoms with Crippen LogP contribution in [0.1, 0.15) is 36.8 Å². The van der Waals surface area contributed by atoms with Crippen LogP contribution >= 0.6 is 0 Å². The molecule has 0 spiro atoms. The highest BCUT2D eigenvalue weighted by Crippen LogP contribution is 2.35. The largest absolute Gasteiger partial charge is 0.454 e. The van der Waals surface area contributed by atoms with Crippen molar-refractivity contribution in [3.05, 3.63) is 53.6 Å². The summed E-state index contributed by atoms with van der Waals surface area (Å²) in [6.07, 6.45) is 8.36. The van der Waals surface area contributed by atoms with Gasteiger partial charge in [-0.1, -0.05) is 25.0 Å². The van der Waals surface area contributed by atoms with Crippen LogP contribution in [0.2, 0.25) is 0 Å². The van der Waals surface area contributed by atoms with Gasteiger partial charge in [0, 0.05) is 29.9 Å². The smallest absolute Gasteiger partial charge is 0.248 e. The SMILES string of the molecule is O=C(/C=C/c1ccc2c(c1)OCO2)Nc1ccc2c(c1)N(C(=O)C1CCCC1)CC2. The fraction of sp³-hybridized carbons (Fsp3) is 0.333. The van der Waals surface area contributed by atoms with Gasteiger partial charge in [0.1, 0.15) is 0 Å². The first-order valence-electron chi connectivity index (χ1n) is 10.5. The summed E-state index contributed by atoms with van der Waals surface area (Å²) in [6.45, 7) is 0.952. The molecule has 0 aromatic heterocycles. The molecule has 5 rings (SSSR count). The van der Waals surface area contributed by atoms with E-state index >= 15 is 0 Å². The Balaban J connectivity index is 1.27. The Morgan fingerprint density at radius 3 is 2.73 bits per heavy atom. The molecular weight excluding hydrogens is 380 g/mol. The minimum atomic E-state index is -0.223. The van der Waals surface area contributed by atoms with E-state index < -0.39 is 0 Å². The Bertz CT molecular complexity index is 1020. The molecule has 1 N–H and O–H groups in total. The van der Waals surface area contributed by atoms with Crippen molar-refractivity contribution in [1.29, 1.82) is 0 Å². The normalized spacial score (nSPS) is 17.5. The van der Waals surface area contributed by atoms with Crippen LogP contribution in [0.5, 0.6) is 11.5 Å². The van der Waals surface area contributed by atoms with Gasteiger partial charge in [-0.2, -0.15) is 0 Å². The van der Waals surface area contributed by atoms with Crippen molar-refractivity contribution in [3.63, 3.8) is 0 Å². The number of amides is 2. The van der Waals surface area contributed by atoms with Crippen LogP contribution in [-0.4, -0.2) is 25.2 Å². The lowest BCUT2D eigenvalue weighted by molar-refractivity contribution is -0.122. The van der Waals surface area contributed by atoms with Crippen molar-refractivity contribution < 1.29 is 19.1 Å². The summed E-state index contributed by atoms with van der Waals surface area (Å²) >= 11 is 0. The molecule has 1 fully saturated rings. The highest BCUT2D eigenvalue weighted by molar-refractivity contribution is 6.03. The van der Waals surface area contributed by atoms with Crippen molar-refractivity contribution in [1.82, 2.24) is 0 Å². The third-order valence-corrected chi connectivity index (χ3v) is 6.04. The van der Waals surface area contributed by atoms with Crippen molar-refractivity contribution >= 4 is 29.3 Å². The van der Waals surface area contributed by atoms with Gasteiger partial charge in [0.05, 0.1) is 0 Å². The van der Waals surface area contributed by atoms with Crippen molar-refractivity contribution in [2.45, 2.75) is 32.1 Å². The monoisotopic (exact) mass is 404 g/mol. The van der Waals surface area contributed by atoms with Crippen LogP contribution in [-0.2, 0) is 16.0 Å². The third-order valence-electron chi connectivity index (χ3n) is 6.04. The van der Waals surface area contributed by atoms with Gasteiger partial charge >= 0.3 is 0 Å². The minimum absolute atomic E-state index is 0.152. The number of rotatable bonds is 4. The average molecular weight is 404 g/mol. The number of fused-ring (bicyclic) bond motifs is 2. The van der Waals surface area contributed by atoms with Crippen LogP contribution in [0.3, 0.4) is 0 Å². The summed E-state index contributed by atoms with van der Waals surface area (Å²) in [7, 11) is 0. The van der Waals surface area contributed by atoms with Gasteiger partial charge in [0.25, 0.3) is 0 Å². The lowest BCUT2D eigenvalue weighted by atomic mass is 10.1. The summed E-state index contributed by atoms with van der Waals surface area (Å²) in [5.41, 5.74) is 3.65. The Hall–Kier alpha value is -3.28. The van der Waals surface area contributed by atoms with Crippen molar-refractivity contribution in [2.24, 2.45) is 5.92 Å². The first-order valence-corrected chi connectivity index (χ1v) is 10.5. The highest BCUT2D eigenvalue weighted by atomic mass is 16.7. The molecule has 0 unspecified atom stereocenters. The number of nitrogens with zero attached hydrogens (tertiary/aromatic N) is 1. The Kier molecular flexibility index (Phi) is 4.91. The summed E-state index contributed by atoms with van der Waals surface area (Å²) in [5.74, 6) is 1.56. The molecule has 0 bridgehead atoms. The van der Waals surface area contributed by atoms with E-state index in [1.165, 1.54) is 6.08 Å². The summed E-state index contributed by atoms with van der Waals surface area (Å²) < 4.78 is 10.7. The Morgan fingerprint density at radius 2 is 1.87 bits per heavy atom. The highest BCUT2D eigenvalue weighted by Gasteiger charge is 2.31. The van der Waals surface area contributed by atoms with E-state index in [0.717, 1.165) is 55.5 Å². The second-order valence-corrected chi connectivity index (χ2v) is 8.00. The molecule has 1 saturated carbocycles. The fourth-order valence-corrected chi connectivity index (χ4v) is 4.45. The van der Waals surface area contributed by atoms with E-state index in [0.29, 0.717) is 17.2 Å². The molecule has 0 atom stereocenters. The van der Waals surface area contributed by atoms with Gasteiger partial charge in [-0.15, -0.1) is 0 Å². The number of hydrogen-bond acceptors (Lipinski definition) is 4. The van der Waals surface area contributed by atoms with E-state index in [1.54, 1.807) is 6.08 Å². The Morgan fingerprint density at radius 1 is 1.03 bits per heavy atom. The average Bonchev–Trinajstić information content (AvgIpc) is 3.51. The molecular formula is C24H24N2O4. The molecule has 3 aliphatic rings. The number of carbonyl (C=O) groups excluding carboxylic acids is 2. The molecule has 2 aromatic carbocycles. The number of anilines is 2. The zero-order valence-electron chi connectivity index (χ0n) is 16.7. The number of carbonyl (C=O) groups is 2. The lowest BCUT2D eigenvalue weighted by Crippen LogP contribution is -2.33. The molecule has 2 amide bonds. The van der Waals surface area contributed by atoms with Crippen LogP contribution < -0.4 is 19.7 Å². The molecule has 0 saturated heterocycles. The van der Waals surface area contributed by atoms with Gasteiger partial charge in [0.2, 0.25) is 18.6 Å². The topological polar surface area (TPSA) is 67.9 Å². The maximum Gasteiger partial charge on any atom is 0.248 e. The zero-order chi connectivity index (χ0) is 20.5. The fourth-order valence-electron chi connectivity index (χ4n) is 4.45. The Labute approximate surface area is 175 Å². The van der Waals surface area contributed by atoms with Crippen LogP contribution in [0, 0.1) is 5.92 Å². The van der Waals surface area contributed by atoms with Crippen molar-refractivity contribution in [3.8, 4) is 11.5 Å². The zero-order valence-corrected chi connectivity index (χ0v) is 16.7. The van der Waals surface area contributed by atoms with Crippen molar-refractivity contribution in [2.75, 3.05) is 23.6 Å². The number of ether oxygens (including phenoxy) is 2. The predicted molar refractivity (Wildman–Crippen MR) is 115 cm³/mol. The molecule has 2 aliphatic heterocycles. The van der Waals surface area contributed by atoms with Crippen LogP contribution in [0.4, 0.5) is 11.4 Å². The number of hydrogen-bond donors (Lipinski definition) is 1. The standard InChI is InChI=1S/C24H24N2O4/c27-23(10-6-16-5-9-21-22(13-16)30-15-29-21)25-19-8-7-17-11-12-26(20(17)14-19)24(28)18-3-1-2-4-18/h5-10,13-14,18H,1-4,11-12,15H2,(H,25,27)/b10-6+. The summed E-state index contributed by atoms with van der Waals surface area (Å²) in [6, 6.07) is 11.4. The maximum atomic E-state index is 12.9. The maximum absolute atomic E-state index is 12.9. The quantitative estimate of drug-likeness (QED) is 0.778. The van der Waals surface area contributed by atoms with Gasteiger partial charge in [0.15, 0.2) is 11.5 Å². The first-order chi connectivity index (χ1) is 14.7. The molecule has 1 aliphatic carbocycles. The van der Waals surface area contributed by atoms with Crippen LogP contribution in [0.15, 0.2) is 42.5 Å². The molecule has 6 heteroatoms. The van der Waals surface area contributed by atoms with E-state index in [2.05, 4.69) is 5.32 Å². The minimum Gasteiger partial charge on any atom is -0.454 e. The second-order valence-electron chi connectivity index (χ2n) is 8.00. The van der Waals surface area contributed by atoms with E-state index in [9.17, 15) is 9.59 Å². The number of benzene rings is 2.